The third-order valence-electron chi connectivity index (χ3n) is 4.32. The maximum Gasteiger partial charge on any atom is 0.492 e. The summed E-state index contributed by atoms with van der Waals surface area (Å²) in [6.45, 7) is 9.72. The summed E-state index contributed by atoms with van der Waals surface area (Å²) in [6.07, 6.45) is 1.87. The van der Waals surface area contributed by atoms with Crippen molar-refractivity contribution in [3.63, 3.8) is 0 Å². The van der Waals surface area contributed by atoms with Crippen molar-refractivity contribution in [3.8, 4) is 5.75 Å². The lowest BCUT2D eigenvalue weighted by atomic mass is 9.77. The minimum absolute atomic E-state index is 0.122. The van der Waals surface area contributed by atoms with E-state index < -0.39 is 18.3 Å². The molecule has 0 unspecified atom stereocenters. The number of phenolic OH excluding ortho intramolecular Hbond substituents is 1. The molecular formula is C17H24BNO4. The molecule has 2 rings (SSSR count). The predicted molar refractivity (Wildman–Crippen MR) is 90.8 cm³/mol. The molecule has 6 heteroatoms. The lowest BCUT2D eigenvalue weighted by Crippen LogP contribution is -2.41. The van der Waals surface area contributed by atoms with E-state index in [-0.39, 0.29) is 11.7 Å². The van der Waals surface area contributed by atoms with Crippen LogP contribution in [0.1, 0.15) is 40.2 Å². The second-order valence-corrected chi connectivity index (χ2v) is 6.81. The summed E-state index contributed by atoms with van der Waals surface area (Å²) in [5, 5.41) is 12.4. The second-order valence-electron chi connectivity index (χ2n) is 6.81. The number of carbonyl (C=O) groups excluding carboxylic acids is 1. The zero-order valence-electron chi connectivity index (χ0n) is 14.3. The molecule has 0 aromatic heterocycles. The first kappa shape index (κ1) is 17.6. The molecule has 0 spiro atoms. The van der Waals surface area contributed by atoms with E-state index in [4.69, 9.17) is 9.31 Å². The molecule has 23 heavy (non-hydrogen) atoms. The number of carbonyl (C=O) groups is 1. The van der Waals surface area contributed by atoms with E-state index in [1.165, 1.54) is 6.92 Å². The molecule has 0 saturated carbocycles. The lowest BCUT2D eigenvalue weighted by molar-refractivity contribution is -0.118. The van der Waals surface area contributed by atoms with Crippen LogP contribution in [0.25, 0.3) is 6.08 Å². The van der Waals surface area contributed by atoms with E-state index in [0.29, 0.717) is 6.54 Å². The Labute approximate surface area is 137 Å². The van der Waals surface area contributed by atoms with Gasteiger partial charge in [0.15, 0.2) is 0 Å². The van der Waals surface area contributed by atoms with Crippen LogP contribution in [0.3, 0.4) is 0 Å². The fraction of sp³-hybridized carbons (Fsp3) is 0.471. The zero-order chi connectivity index (χ0) is 17.3. The minimum atomic E-state index is -0.547. The molecule has 1 aliphatic rings. The SMILES string of the molecule is CC(=O)NCC(=Cc1cccc(O)c1)B1OC(C)(C)C(C)(C)O1. The van der Waals surface area contributed by atoms with Gasteiger partial charge in [0.2, 0.25) is 5.91 Å². The molecule has 1 aliphatic heterocycles. The summed E-state index contributed by atoms with van der Waals surface area (Å²) in [7, 11) is -0.547. The van der Waals surface area contributed by atoms with Crippen LogP contribution < -0.4 is 5.32 Å². The molecule has 1 aromatic carbocycles. The van der Waals surface area contributed by atoms with Gasteiger partial charge in [0, 0.05) is 13.5 Å². The normalized spacial score (nSPS) is 19.7. The molecule has 2 N–H and O–H groups in total. The van der Waals surface area contributed by atoms with Crippen molar-refractivity contribution < 1.29 is 19.2 Å². The maximum absolute atomic E-state index is 11.3. The summed E-state index contributed by atoms with van der Waals surface area (Å²) in [4.78, 5) is 11.3. The zero-order valence-corrected chi connectivity index (χ0v) is 14.3. The fourth-order valence-corrected chi connectivity index (χ4v) is 2.25. The molecule has 0 atom stereocenters. The highest BCUT2D eigenvalue weighted by molar-refractivity contribution is 6.56. The van der Waals surface area contributed by atoms with Crippen LogP contribution in [0.15, 0.2) is 29.7 Å². The highest BCUT2D eigenvalue weighted by Gasteiger charge is 2.52. The monoisotopic (exact) mass is 317 g/mol. The van der Waals surface area contributed by atoms with Gasteiger partial charge in [-0.1, -0.05) is 18.2 Å². The van der Waals surface area contributed by atoms with Gasteiger partial charge >= 0.3 is 7.12 Å². The number of hydrogen-bond donors (Lipinski definition) is 2. The smallest absolute Gasteiger partial charge is 0.492 e. The highest BCUT2D eigenvalue weighted by atomic mass is 16.7. The lowest BCUT2D eigenvalue weighted by Gasteiger charge is -2.32. The molecule has 0 aliphatic carbocycles. The van der Waals surface area contributed by atoms with Crippen molar-refractivity contribution in [1.82, 2.24) is 5.32 Å². The molecule has 5 nitrogen and oxygen atoms in total. The first-order valence-electron chi connectivity index (χ1n) is 7.70. The molecule has 1 aromatic rings. The Bertz CT molecular complexity index is 609. The van der Waals surface area contributed by atoms with Crippen LogP contribution >= 0.6 is 0 Å². The highest BCUT2D eigenvalue weighted by Crippen LogP contribution is 2.38. The van der Waals surface area contributed by atoms with Gasteiger partial charge in [-0.3, -0.25) is 4.79 Å². The van der Waals surface area contributed by atoms with Gasteiger partial charge in [-0.2, -0.15) is 0 Å². The van der Waals surface area contributed by atoms with E-state index >= 15 is 0 Å². The van der Waals surface area contributed by atoms with Gasteiger partial charge in [0.25, 0.3) is 0 Å². The first-order chi connectivity index (χ1) is 10.6. The van der Waals surface area contributed by atoms with Crippen LogP contribution in [-0.2, 0) is 14.1 Å². The fourth-order valence-electron chi connectivity index (χ4n) is 2.25. The van der Waals surface area contributed by atoms with Gasteiger partial charge < -0.3 is 19.7 Å². The van der Waals surface area contributed by atoms with Crippen LogP contribution in [-0.4, -0.2) is 35.9 Å². The quantitative estimate of drug-likeness (QED) is 0.838. The van der Waals surface area contributed by atoms with Crippen LogP contribution in [0.5, 0.6) is 5.75 Å². The third kappa shape index (κ3) is 4.15. The van der Waals surface area contributed by atoms with Gasteiger partial charge in [-0.25, -0.2) is 0 Å². The largest absolute Gasteiger partial charge is 0.508 e. The van der Waals surface area contributed by atoms with Crippen molar-refractivity contribution >= 4 is 19.1 Å². The van der Waals surface area contributed by atoms with Crippen LogP contribution in [0.2, 0.25) is 0 Å². The van der Waals surface area contributed by atoms with Crippen molar-refractivity contribution in [2.24, 2.45) is 0 Å². The molecular weight excluding hydrogens is 293 g/mol. The summed E-state index contributed by atoms with van der Waals surface area (Å²) in [5.41, 5.74) is 0.710. The molecule has 1 heterocycles. The number of nitrogens with one attached hydrogen (secondary N) is 1. The summed E-state index contributed by atoms with van der Waals surface area (Å²) in [5.74, 6) is 0.0647. The number of rotatable bonds is 4. The van der Waals surface area contributed by atoms with Gasteiger partial charge in [-0.15, -0.1) is 0 Å². The molecule has 124 valence electrons. The Balaban J connectivity index is 2.30. The van der Waals surface area contributed by atoms with Gasteiger partial charge in [-0.05, 0) is 50.9 Å². The second kappa shape index (κ2) is 6.38. The summed E-state index contributed by atoms with van der Waals surface area (Å²) < 4.78 is 12.1. The van der Waals surface area contributed by atoms with E-state index in [9.17, 15) is 9.90 Å². The number of phenols is 1. The van der Waals surface area contributed by atoms with Crippen LogP contribution in [0, 0.1) is 0 Å². The Hall–Kier alpha value is -1.79. The maximum atomic E-state index is 11.3. The molecule has 1 amide bonds. The number of amides is 1. The van der Waals surface area contributed by atoms with Crippen LogP contribution in [0.4, 0.5) is 0 Å². The van der Waals surface area contributed by atoms with E-state index in [1.807, 2.05) is 39.8 Å². The Kier molecular flexibility index (Phi) is 4.87. The minimum Gasteiger partial charge on any atom is -0.508 e. The molecule has 0 radical (unpaired) electrons. The van der Waals surface area contributed by atoms with E-state index in [1.54, 1.807) is 18.2 Å². The average molecular weight is 317 g/mol. The Morgan fingerprint density at radius 2 is 1.87 bits per heavy atom. The number of benzene rings is 1. The van der Waals surface area contributed by atoms with Crippen molar-refractivity contribution in [3.05, 3.63) is 35.3 Å². The number of hydrogen-bond acceptors (Lipinski definition) is 4. The number of aromatic hydroxyl groups is 1. The molecule has 0 bridgehead atoms. The third-order valence-corrected chi connectivity index (χ3v) is 4.32. The Morgan fingerprint density at radius 1 is 1.26 bits per heavy atom. The standard InChI is InChI=1S/C17H24BNO4/c1-12(20)19-11-14(9-13-7-6-8-15(21)10-13)18-22-16(2,3)17(4,5)23-18/h6-10,21H,11H2,1-5H3,(H,19,20). The van der Waals surface area contributed by atoms with Crippen molar-refractivity contribution in [2.45, 2.75) is 45.8 Å². The molecule has 1 fully saturated rings. The van der Waals surface area contributed by atoms with Crippen molar-refractivity contribution in [2.75, 3.05) is 6.54 Å². The predicted octanol–water partition coefficient (Wildman–Crippen LogP) is 2.54. The van der Waals surface area contributed by atoms with Crippen molar-refractivity contribution in [1.29, 1.82) is 0 Å². The topological polar surface area (TPSA) is 67.8 Å². The summed E-state index contributed by atoms with van der Waals surface area (Å²) >= 11 is 0. The first-order valence-corrected chi connectivity index (χ1v) is 7.70. The average Bonchev–Trinajstić information content (AvgIpc) is 2.63. The van der Waals surface area contributed by atoms with E-state index in [0.717, 1.165) is 11.0 Å². The summed E-state index contributed by atoms with van der Waals surface area (Å²) in [6, 6.07) is 6.90. The van der Waals surface area contributed by atoms with Gasteiger partial charge in [0.05, 0.1) is 11.2 Å². The Morgan fingerprint density at radius 3 is 2.39 bits per heavy atom. The molecule has 1 saturated heterocycles. The van der Waals surface area contributed by atoms with Gasteiger partial charge in [0.1, 0.15) is 5.75 Å². The van der Waals surface area contributed by atoms with E-state index in [2.05, 4.69) is 5.32 Å².